The summed E-state index contributed by atoms with van der Waals surface area (Å²) in [4.78, 5) is 2.67. The molecule has 2 aliphatic heterocycles. The normalized spacial score (nSPS) is 27.5. The molecule has 1 fully saturated rings. The minimum Gasteiger partial charge on any atom is -0.384 e. The lowest BCUT2D eigenvalue weighted by Crippen LogP contribution is -2.28. The Hall–Kier alpha value is -1.02. The zero-order valence-electron chi connectivity index (χ0n) is 11.5. The number of fused-ring (bicyclic) bond motifs is 1. The van der Waals surface area contributed by atoms with Crippen LogP contribution in [-0.4, -0.2) is 31.1 Å². The molecule has 2 aliphatic rings. The maximum absolute atomic E-state index is 3.53. The molecule has 18 heavy (non-hydrogen) atoms. The van der Waals surface area contributed by atoms with E-state index in [4.69, 9.17) is 0 Å². The van der Waals surface area contributed by atoms with E-state index in [0.717, 1.165) is 18.4 Å². The van der Waals surface area contributed by atoms with Gasteiger partial charge in [0.2, 0.25) is 0 Å². The number of rotatable bonds is 3. The number of nitrogens with zero attached hydrogens (tertiary/aromatic N) is 1. The lowest BCUT2D eigenvalue weighted by Gasteiger charge is -2.21. The van der Waals surface area contributed by atoms with Crippen molar-refractivity contribution in [2.75, 3.05) is 31.5 Å². The van der Waals surface area contributed by atoms with Crippen LogP contribution in [-0.2, 0) is 0 Å². The van der Waals surface area contributed by atoms with Crippen LogP contribution in [0.15, 0.2) is 24.3 Å². The second kappa shape index (κ2) is 4.93. The van der Waals surface area contributed by atoms with Gasteiger partial charge >= 0.3 is 0 Å². The monoisotopic (exact) mass is 244 g/mol. The maximum atomic E-state index is 3.53. The van der Waals surface area contributed by atoms with Crippen LogP contribution >= 0.6 is 0 Å². The van der Waals surface area contributed by atoms with E-state index in [1.807, 2.05) is 0 Å². The highest BCUT2D eigenvalue weighted by Crippen LogP contribution is 2.33. The smallest absolute Gasteiger partial charge is 0.0376 e. The summed E-state index contributed by atoms with van der Waals surface area (Å²) in [5, 5.41) is 3.53. The van der Waals surface area contributed by atoms with E-state index >= 15 is 0 Å². The summed E-state index contributed by atoms with van der Waals surface area (Å²) in [5.74, 6) is 2.44. The highest BCUT2D eigenvalue weighted by atomic mass is 15.2. The van der Waals surface area contributed by atoms with Crippen LogP contribution in [0.5, 0.6) is 0 Å². The Balaban J connectivity index is 1.62. The Morgan fingerprint density at radius 3 is 2.94 bits per heavy atom. The molecule has 1 aromatic rings. The Bertz CT molecular complexity index is 413. The molecule has 2 atom stereocenters. The fourth-order valence-electron chi connectivity index (χ4n) is 3.40. The van der Waals surface area contributed by atoms with Gasteiger partial charge in [-0.15, -0.1) is 0 Å². The molecule has 0 aliphatic carbocycles. The predicted octanol–water partition coefficient (Wildman–Crippen LogP) is 3.17. The molecule has 0 amide bonds. The number of anilines is 1. The van der Waals surface area contributed by atoms with E-state index in [1.165, 1.54) is 37.3 Å². The van der Waals surface area contributed by atoms with Gasteiger partial charge in [-0.3, -0.25) is 0 Å². The molecular formula is C16H24N2. The van der Waals surface area contributed by atoms with Crippen molar-refractivity contribution in [2.24, 2.45) is 11.8 Å². The third kappa shape index (κ3) is 2.26. The molecule has 0 spiro atoms. The summed E-state index contributed by atoms with van der Waals surface area (Å²) in [6.45, 7) is 9.66. The van der Waals surface area contributed by atoms with Crippen molar-refractivity contribution >= 4 is 5.69 Å². The Kier molecular flexibility index (Phi) is 3.29. The van der Waals surface area contributed by atoms with Crippen molar-refractivity contribution in [3.63, 3.8) is 0 Å². The van der Waals surface area contributed by atoms with Crippen molar-refractivity contribution in [3.05, 3.63) is 29.8 Å². The third-order valence-electron chi connectivity index (χ3n) is 4.67. The van der Waals surface area contributed by atoms with Gasteiger partial charge in [-0.25, -0.2) is 0 Å². The molecule has 1 N–H and O–H groups in total. The molecule has 2 heteroatoms. The minimum absolute atomic E-state index is 0.687. The van der Waals surface area contributed by atoms with Gasteiger partial charge in [0.05, 0.1) is 0 Å². The van der Waals surface area contributed by atoms with Gasteiger partial charge in [-0.2, -0.15) is 0 Å². The largest absolute Gasteiger partial charge is 0.384 e. The van der Waals surface area contributed by atoms with E-state index in [-0.39, 0.29) is 0 Å². The summed E-state index contributed by atoms with van der Waals surface area (Å²) in [6.07, 6.45) is 1.39. The summed E-state index contributed by atoms with van der Waals surface area (Å²) in [7, 11) is 0. The van der Waals surface area contributed by atoms with Crippen LogP contribution in [0.2, 0.25) is 0 Å². The van der Waals surface area contributed by atoms with E-state index in [2.05, 4.69) is 48.3 Å². The molecule has 2 heterocycles. The zero-order chi connectivity index (χ0) is 12.5. The van der Waals surface area contributed by atoms with Gasteiger partial charge in [0.15, 0.2) is 0 Å². The van der Waals surface area contributed by atoms with Crippen LogP contribution in [0.4, 0.5) is 5.69 Å². The van der Waals surface area contributed by atoms with Crippen LogP contribution in [0.1, 0.15) is 31.7 Å². The molecule has 0 saturated carbocycles. The summed E-state index contributed by atoms with van der Waals surface area (Å²) < 4.78 is 0. The molecule has 98 valence electrons. The fourth-order valence-corrected chi connectivity index (χ4v) is 3.40. The number of hydrogen-bond acceptors (Lipinski definition) is 2. The number of nitrogens with one attached hydrogen (secondary N) is 1. The summed E-state index contributed by atoms with van der Waals surface area (Å²) in [6, 6.07) is 8.78. The number of benzene rings is 1. The standard InChI is InChI=1S/C16H24N2/c1-12(2)13-7-8-18(10-13)11-14-9-17-16-6-4-3-5-15(14)16/h3-6,12-14,17H,7-11H2,1-2H3. The number of para-hydroxylation sites is 1. The fraction of sp³-hybridized carbons (Fsp3) is 0.625. The van der Waals surface area contributed by atoms with Crippen LogP contribution in [0.25, 0.3) is 0 Å². The first-order valence-electron chi connectivity index (χ1n) is 7.29. The topological polar surface area (TPSA) is 15.3 Å². The Labute approximate surface area is 110 Å². The van der Waals surface area contributed by atoms with Crippen molar-refractivity contribution in [1.82, 2.24) is 4.90 Å². The van der Waals surface area contributed by atoms with Gasteiger partial charge in [0, 0.05) is 31.2 Å². The van der Waals surface area contributed by atoms with Crippen molar-refractivity contribution in [2.45, 2.75) is 26.2 Å². The molecular weight excluding hydrogens is 220 g/mol. The summed E-state index contributed by atoms with van der Waals surface area (Å²) in [5.41, 5.74) is 2.87. The zero-order valence-corrected chi connectivity index (χ0v) is 11.5. The second-order valence-corrected chi connectivity index (χ2v) is 6.22. The SMILES string of the molecule is CC(C)C1CCN(CC2CNc3ccccc32)C1. The van der Waals surface area contributed by atoms with Gasteiger partial charge in [0.1, 0.15) is 0 Å². The average molecular weight is 244 g/mol. The molecule has 2 nitrogen and oxygen atoms in total. The third-order valence-corrected chi connectivity index (χ3v) is 4.67. The minimum atomic E-state index is 0.687. The van der Waals surface area contributed by atoms with Gasteiger partial charge in [-0.1, -0.05) is 32.0 Å². The van der Waals surface area contributed by atoms with Crippen LogP contribution in [0.3, 0.4) is 0 Å². The molecule has 1 aromatic carbocycles. The van der Waals surface area contributed by atoms with Crippen LogP contribution in [0, 0.1) is 11.8 Å². The van der Waals surface area contributed by atoms with Gasteiger partial charge in [-0.05, 0) is 36.4 Å². The highest BCUT2D eigenvalue weighted by Gasteiger charge is 2.29. The Morgan fingerprint density at radius 2 is 2.17 bits per heavy atom. The first-order chi connectivity index (χ1) is 8.74. The first kappa shape index (κ1) is 12.0. The average Bonchev–Trinajstić information content (AvgIpc) is 2.98. The van der Waals surface area contributed by atoms with Crippen LogP contribution < -0.4 is 5.32 Å². The maximum Gasteiger partial charge on any atom is 0.0376 e. The number of hydrogen-bond donors (Lipinski definition) is 1. The molecule has 2 unspecified atom stereocenters. The van der Waals surface area contributed by atoms with Gasteiger partial charge in [0.25, 0.3) is 0 Å². The Morgan fingerprint density at radius 1 is 1.33 bits per heavy atom. The molecule has 3 rings (SSSR count). The number of likely N-dealkylation sites (tertiary alicyclic amines) is 1. The molecule has 0 radical (unpaired) electrons. The first-order valence-corrected chi connectivity index (χ1v) is 7.29. The second-order valence-electron chi connectivity index (χ2n) is 6.22. The van der Waals surface area contributed by atoms with E-state index in [0.29, 0.717) is 5.92 Å². The molecule has 0 bridgehead atoms. The van der Waals surface area contributed by atoms with Crippen molar-refractivity contribution < 1.29 is 0 Å². The van der Waals surface area contributed by atoms with E-state index in [9.17, 15) is 0 Å². The highest BCUT2D eigenvalue weighted by molar-refractivity contribution is 5.57. The quantitative estimate of drug-likeness (QED) is 0.878. The van der Waals surface area contributed by atoms with E-state index < -0.39 is 0 Å². The lowest BCUT2D eigenvalue weighted by molar-refractivity contribution is 0.290. The lowest BCUT2D eigenvalue weighted by atomic mass is 9.95. The van der Waals surface area contributed by atoms with Gasteiger partial charge < -0.3 is 10.2 Å². The van der Waals surface area contributed by atoms with Crippen molar-refractivity contribution in [3.8, 4) is 0 Å². The predicted molar refractivity (Wildman–Crippen MR) is 77.1 cm³/mol. The van der Waals surface area contributed by atoms with Crippen molar-refractivity contribution in [1.29, 1.82) is 0 Å². The van der Waals surface area contributed by atoms with E-state index in [1.54, 1.807) is 0 Å². The molecule has 1 saturated heterocycles. The summed E-state index contributed by atoms with van der Waals surface area (Å²) >= 11 is 0. The molecule has 0 aromatic heterocycles.